The maximum absolute atomic E-state index is 4.95. The van der Waals surface area contributed by atoms with Crippen LogP contribution in [-0.2, 0) is 12.5 Å². The van der Waals surface area contributed by atoms with E-state index in [1.54, 1.807) is 0 Å². The lowest BCUT2D eigenvalue weighted by atomic mass is 9.82. The molecule has 0 amide bonds. The van der Waals surface area contributed by atoms with Crippen molar-refractivity contribution < 1.29 is 0 Å². The number of hydrogen-bond acceptors (Lipinski definition) is 1. The Hall–Kier alpha value is -3.39. The van der Waals surface area contributed by atoms with Gasteiger partial charge in [0.25, 0.3) is 0 Å². The summed E-state index contributed by atoms with van der Waals surface area (Å²) in [5, 5.41) is 8.66. The lowest BCUT2D eigenvalue weighted by molar-refractivity contribution is 0.660. The van der Waals surface area contributed by atoms with Crippen LogP contribution in [0.3, 0.4) is 0 Å². The Balaban J connectivity index is 1.61. The molecule has 1 aliphatic carbocycles. The van der Waals surface area contributed by atoms with Crippen LogP contribution in [0.1, 0.15) is 25.0 Å². The normalized spacial score (nSPS) is 14.3. The molecule has 1 aliphatic rings. The van der Waals surface area contributed by atoms with E-state index in [4.69, 9.17) is 5.10 Å². The number of nitrogens with zero attached hydrogens (tertiary/aromatic N) is 2. The molecule has 0 radical (unpaired) electrons. The fraction of sp³-hybridized carbons (Fsp3) is 0.148. The summed E-state index contributed by atoms with van der Waals surface area (Å²) >= 11 is 0. The van der Waals surface area contributed by atoms with Gasteiger partial charge in [0.15, 0.2) is 0 Å². The second kappa shape index (κ2) is 5.57. The van der Waals surface area contributed by atoms with Crippen molar-refractivity contribution in [3.05, 3.63) is 90.0 Å². The summed E-state index contributed by atoms with van der Waals surface area (Å²) < 4.78 is 2.03. The molecule has 0 bridgehead atoms. The summed E-state index contributed by atoms with van der Waals surface area (Å²) in [6.45, 7) is 4.65. The van der Waals surface area contributed by atoms with Crippen LogP contribution in [0.4, 0.5) is 0 Å². The summed E-state index contributed by atoms with van der Waals surface area (Å²) in [4.78, 5) is 0. The van der Waals surface area contributed by atoms with Gasteiger partial charge in [-0.2, -0.15) is 5.10 Å². The van der Waals surface area contributed by atoms with E-state index in [-0.39, 0.29) is 5.41 Å². The third kappa shape index (κ3) is 2.14. The molecule has 1 heterocycles. The quantitative estimate of drug-likeness (QED) is 0.319. The van der Waals surface area contributed by atoms with Crippen LogP contribution in [0.15, 0.2) is 78.9 Å². The van der Waals surface area contributed by atoms with Gasteiger partial charge in [-0.05, 0) is 39.8 Å². The Morgan fingerprint density at radius 1 is 0.724 bits per heavy atom. The maximum Gasteiger partial charge on any atom is 0.100 e. The average Bonchev–Trinajstić information content (AvgIpc) is 3.21. The Morgan fingerprint density at radius 3 is 2.38 bits per heavy atom. The number of rotatable bonds is 1. The standard InChI is InChI=1S/C27H22N2/c1-27(2)23-11-7-6-10-20(23)21-14-13-18(16-24(21)27)25-22-15-12-17-8-4-5-9-19(17)26(22)29(3)28-25/h4-16H,1-3H3. The molecule has 4 aromatic carbocycles. The van der Waals surface area contributed by atoms with E-state index < -0.39 is 0 Å². The number of fused-ring (bicyclic) bond motifs is 6. The van der Waals surface area contributed by atoms with Crippen LogP contribution in [-0.4, -0.2) is 9.78 Å². The van der Waals surface area contributed by atoms with Crippen LogP contribution >= 0.6 is 0 Å². The van der Waals surface area contributed by atoms with Crippen molar-refractivity contribution in [2.45, 2.75) is 19.3 Å². The van der Waals surface area contributed by atoms with Crippen molar-refractivity contribution in [2.24, 2.45) is 7.05 Å². The van der Waals surface area contributed by atoms with Crippen LogP contribution in [0.5, 0.6) is 0 Å². The van der Waals surface area contributed by atoms with Crippen LogP contribution in [0, 0.1) is 0 Å². The molecule has 2 nitrogen and oxygen atoms in total. The molecule has 0 atom stereocenters. The predicted octanol–water partition coefficient (Wildman–Crippen LogP) is 6.70. The zero-order valence-electron chi connectivity index (χ0n) is 16.9. The second-order valence-electron chi connectivity index (χ2n) is 8.59. The van der Waals surface area contributed by atoms with E-state index in [2.05, 4.69) is 92.7 Å². The molecular formula is C27H22N2. The first-order valence-corrected chi connectivity index (χ1v) is 10.1. The van der Waals surface area contributed by atoms with Gasteiger partial charge in [0.1, 0.15) is 5.69 Å². The summed E-state index contributed by atoms with van der Waals surface area (Å²) in [5.41, 5.74) is 8.93. The Labute approximate surface area is 170 Å². The summed E-state index contributed by atoms with van der Waals surface area (Å²) in [5.74, 6) is 0. The minimum absolute atomic E-state index is 0.000776. The Bertz CT molecular complexity index is 1440. The van der Waals surface area contributed by atoms with E-state index in [9.17, 15) is 0 Å². The first-order chi connectivity index (χ1) is 14.1. The number of aryl methyl sites for hydroxylation is 1. The Morgan fingerprint density at radius 2 is 1.48 bits per heavy atom. The molecule has 0 fully saturated rings. The third-order valence-corrected chi connectivity index (χ3v) is 6.59. The molecule has 140 valence electrons. The minimum atomic E-state index is -0.000776. The van der Waals surface area contributed by atoms with Gasteiger partial charge in [0.05, 0.1) is 5.52 Å². The Kier molecular flexibility index (Phi) is 3.18. The monoisotopic (exact) mass is 374 g/mol. The second-order valence-corrected chi connectivity index (χ2v) is 8.59. The van der Waals surface area contributed by atoms with Gasteiger partial charge in [-0.3, -0.25) is 4.68 Å². The topological polar surface area (TPSA) is 17.8 Å². The van der Waals surface area contributed by atoms with Crippen LogP contribution in [0.2, 0.25) is 0 Å². The van der Waals surface area contributed by atoms with Gasteiger partial charge in [-0.25, -0.2) is 0 Å². The highest BCUT2D eigenvalue weighted by Crippen LogP contribution is 2.49. The van der Waals surface area contributed by atoms with Gasteiger partial charge >= 0.3 is 0 Å². The SMILES string of the molecule is Cn1nc(-c2ccc3c(c2)C(C)(C)c2ccccc2-3)c2ccc3ccccc3c21. The van der Waals surface area contributed by atoms with Crippen molar-refractivity contribution in [1.82, 2.24) is 9.78 Å². The van der Waals surface area contributed by atoms with Crippen molar-refractivity contribution in [3.63, 3.8) is 0 Å². The van der Waals surface area contributed by atoms with Crippen LogP contribution < -0.4 is 0 Å². The third-order valence-electron chi connectivity index (χ3n) is 6.59. The molecule has 29 heavy (non-hydrogen) atoms. The molecule has 0 N–H and O–H groups in total. The molecule has 1 aromatic heterocycles. The predicted molar refractivity (Wildman–Crippen MR) is 121 cm³/mol. The molecule has 0 saturated carbocycles. The molecule has 2 heteroatoms. The highest BCUT2D eigenvalue weighted by atomic mass is 15.3. The smallest absolute Gasteiger partial charge is 0.100 e. The zero-order valence-corrected chi connectivity index (χ0v) is 16.9. The molecular weight excluding hydrogens is 352 g/mol. The first kappa shape index (κ1) is 16.6. The molecule has 5 aromatic rings. The first-order valence-electron chi connectivity index (χ1n) is 10.1. The van der Waals surface area contributed by atoms with Gasteiger partial charge in [0.2, 0.25) is 0 Å². The average molecular weight is 374 g/mol. The zero-order chi connectivity index (χ0) is 19.8. The lowest BCUT2D eigenvalue weighted by Gasteiger charge is -2.21. The molecule has 0 aliphatic heterocycles. The molecule has 0 spiro atoms. The maximum atomic E-state index is 4.95. The van der Waals surface area contributed by atoms with E-state index in [1.807, 2.05) is 11.7 Å². The molecule has 0 unspecified atom stereocenters. The van der Waals surface area contributed by atoms with E-state index in [0.29, 0.717) is 0 Å². The highest BCUT2D eigenvalue weighted by Gasteiger charge is 2.35. The highest BCUT2D eigenvalue weighted by molar-refractivity contribution is 6.10. The summed E-state index contributed by atoms with van der Waals surface area (Å²) in [6, 6.07) is 28.6. The fourth-order valence-electron chi connectivity index (χ4n) is 5.11. The fourth-order valence-corrected chi connectivity index (χ4v) is 5.11. The van der Waals surface area contributed by atoms with Crippen molar-refractivity contribution >= 4 is 21.7 Å². The lowest BCUT2D eigenvalue weighted by Crippen LogP contribution is -2.14. The van der Waals surface area contributed by atoms with Gasteiger partial charge < -0.3 is 0 Å². The van der Waals surface area contributed by atoms with Gasteiger partial charge in [-0.15, -0.1) is 0 Å². The van der Waals surface area contributed by atoms with Crippen LogP contribution in [0.25, 0.3) is 44.1 Å². The summed E-state index contributed by atoms with van der Waals surface area (Å²) in [7, 11) is 2.05. The summed E-state index contributed by atoms with van der Waals surface area (Å²) in [6.07, 6.45) is 0. The molecule has 6 rings (SSSR count). The van der Waals surface area contributed by atoms with Gasteiger partial charge in [-0.1, -0.05) is 80.6 Å². The number of benzene rings is 4. The van der Waals surface area contributed by atoms with Crippen molar-refractivity contribution in [2.75, 3.05) is 0 Å². The molecule has 0 saturated heterocycles. The number of hydrogen-bond donors (Lipinski definition) is 0. The van der Waals surface area contributed by atoms with Crippen molar-refractivity contribution in [3.8, 4) is 22.4 Å². The van der Waals surface area contributed by atoms with E-state index >= 15 is 0 Å². The largest absolute Gasteiger partial charge is 0.267 e. The minimum Gasteiger partial charge on any atom is -0.267 e. The number of aromatic nitrogens is 2. The van der Waals surface area contributed by atoms with Crippen molar-refractivity contribution in [1.29, 1.82) is 0 Å². The van der Waals surface area contributed by atoms with Gasteiger partial charge in [0, 0.05) is 28.8 Å². The van der Waals surface area contributed by atoms with E-state index in [1.165, 1.54) is 49.5 Å². The van der Waals surface area contributed by atoms with E-state index in [0.717, 1.165) is 5.69 Å².